The molecule has 18 heavy (non-hydrogen) atoms. The topological polar surface area (TPSA) is 0 Å². The van der Waals surface area contributed by atoms with Crippen molar-refractivity contribution in [2.45, 2.75) is 26.1 Å². The molecule has 0 saturated carbocycles. The second-order valence-corrected chi connectivity index (χ2v) is 6.04. The summed E-state index contributed by atoms with van der Waals surface area (Å²) in [5, 5.41) is -0.112. The third kappa shape index (κ3) is 2.78. The molecule has 2 aromatic carbocycles. The molecule has 0 amide bonds. The van der Waals surface area contributed by atoms with Gasteiger partial charge >= 0.3 is 0 Å². The molecule has 1 unspecified atom stereocenters. The summed E-state index contributed by atoms with van der Waals surface area (Å²) >= 11 is 10.2. The van der Waals surface area contributed by atoms with E-state index in [-0.39, 0.29) is 5.38 Å². The number of hydrogen-bond acceptors (Lipinski definition) is 0. The first-order valence-electron chi connectivity index (χ1n) is 5.96. The highest BCUT2D eigenvalue weighted by atomic mass is 79.9. The molecule has 0 heterocycles. The fraction of sp³-hybridized carbons (Fsp3) is 0.250. The molecule has 0 aromatic heterocycles. The maximum Gasteiger partial charge on any atom is 0.0849 e. The van der Waals surface area contributed by atoms with Gasteiger partial charge in [0.2, 0.25) is 0 Å². The Morgan fingerprint density at radius 2 is 1.44 bits per heavy atom. The van der Waals surface area contributed by atoms with E-state index in [1.54, 1.807) is 0 Å². The summed E-state index contributed by atoms with van der Waals surface area (Å²) in [7, 11) is 0. The molecule has 0 spiro atoms. The average molecular weight is 324 g/mol. The first-order valence-corrected chi connectivity index (χ1v) is 7.19. The lowest BCUT2D eigenvalue weighted by molar-refractivity contribution is 1.09. The van der Waals surface area contributed by atoms with Crippen molar-refractivity contribution >= 4 is 27.5 Å². The fourth-order valence-electron chi connectivity index (χ4n) is 2.06. The van der Waals surface area contributed by atoms with E-state index in [1.807, 2.05) is 0 Å². The van der Waals surface area contributed by atoms with Crippen LogP contribution in [0.3, 0.4) is 0 Å². The molecular weight excluding hydrogens is 308 g/mol. The Kier molecular flexibility index (Phi) is 4.14. The smallest absolute Gasteiger partial charge is 0.0849 e. The van der Waals surface area contributed by atoms with Crippen LogP contribution >= 0.6 is 27.5 Å². The van der Waals surface area contributed by atoms with Crippen LogP contribution in [-0.2, 0) is 0 Å². The fourth-order valence-corrected chi connectivity index (χ4v) is 3.08. The van der Waals surface area contributed by atoms with Gasteiger partial charge in [0, 0.05) is 4.47 Å². The number of benzene rings is 2. The molecule has 0 saturated heterocycles. The third-order valence-corrected chi connectivity index (χ3v) is 4.32. The van der Waals surface area contributed by atoms with Crippen LogP contribution in [-0.4, -0.2) is 0 Å². The summed E-state index contributed by atoms with van der Waals surface area (Å²) in [5.41, 5.74) is 6.01. The van der Waals surface area contributed by atoms with Crippen LogP contribution in [0, 0.1) is 20.8 Å². The molecule has 0 aliphatic heterocycles. The number of halogens is 2. The van der Waals surface area contributed by atoms with Crippen LogP contribution in [0.5, 0.6) is 0 Å². The van der Waals surface area contributed by atoms with Crippen molar-refractivity contribution in [2.24, 2.45) is 0 Å². The van der Waals surface area contributed by atoms with Crippen molar-refractivity contribution in [2.75, 3.05) is 0 Å². The first kappa shape index (κ1) is 13.6. The largest absolute Gasteiger partial charge is 0.113 e. The minimum absolute atomic E-state index is 0.112. The Morgan fingerprint density at radius 3 is 2.11 bits per heavy atom. The van der Waals surface area contributed by atoms with Gasteiger partial charge in [0.05, 0.1) is 5.38 Å². The van der Waals surface area contributed by atoms with E-state index in [0.29, 0.717) is 0 Å². The minimum atomic E-state index is -0.112. The van der Waals surface area contributed by atoms with Gasteiger partial charge in [0.1, 0.15) is 0 Å². The Balaban J connectivity index is 2.50. The summed E-state index contributed by atoms with van der Waals surface area (Å²) in [6, 6.07) is 12.7. The van der Waals surface area contributed by atoms with Crippen molar-refractivity contribution < 1.29 is 0 Å². The zero-order chi connectivity index (χ0) is 13.3. The molecule has 0 nitrogen and oxygen atoms in total. The van der Waals surface area contributed by atoms with Crippen LogP contribution in [0.4, 0.5) is 0 Å². The standard InChI is InChI=1S/C16H16BrCl/c1-10-4-6-12(3)13(8-10)16(18)14-9-11(2)5-7-15(14)17/h4-9,16H,1-3H3. The van der Waals surface area contributed by atoms with Crippen LogP contribution in [0.1, 0.15) is 33.2 Å². The third-order valence-electron chi connectivity index (χ3n) is 3.13. The van der Waals surface area contributed by atoms with Gasteiger partial charge in [0.25, 0.3) is 0 Å². The monoisotopic (exact) mass is 322 g/mol. The summed E-state index contributed by atoms with van der Waals surface area (Å²) in [5.74, 6) is 0. The number of rotatable bonds is 2. The number of hydrogen-bond donors (Lipinski definition) is 0. The highest BCUT2D eigenvalue weighted by molar-refractivity contribution is 9.10. The van der Waals surface area contributed by atoms with E-state index in [1.165, 1.54) is 22.3 Å². The van der Waals surface area contributed by atoms with E-state index in [9.17, 15) is 0 Å². The zero-order valence-corrected chi connectivity index (χ0v) is 13.1. The Labute approximate surface area is 122 Å². The lowest BCUT2D eigenvalue weighted by Crippen LogP contribution is -1.98. The van der Waals surface area contributed by atoms with E-state index in [0.717, 1.165) is 10.0 Å². The predicted octanol–water partition coefficient (Wildman–Crippen LogP) is 5.70. The molecule has 0 bridgehead atoms. The zero-order valence-electron chi connectivity index (χ0n) is 10.8. The summed E-state index contributed by atoms with van der Waals surface area (Å²) in [4.78, 5) is 0. The highest BCUT2D eigenvalue weighted by Crippen LogP contribution is 2.36. The van der Waals surface area contributed by atoms with Crippen molar-refractivity contribution in [1.29, 1.82) is 0 Å². The van der Waals surface area contributed by atoms with E-state index >= 15 is 0 Å². The molecule has 0 fully saturated rings. The molecule has 1 atom stereocenters. The number of alkyl halides is 1. The van der Waals surface area contributed by atoms with Crippen LogP contribution in [0.25, 0.3) is 0 Å². The molecule has 2 heteroatoms. The maximum atomic E-state index is 6.66. The molecule has 2 aromatic rings. The molecule has 94 valence electrons. The van der Waals surface area contributed by atoms with Gasteiger partial charge in [-0.3, -0.25) is 0 Å². The molecule has 0 aliphatic carbocycles. The van der Waals surface area contributed by atoms with Crippen molar-refractivity contribution in [3.8, 4) is 0 Å². The second-order valence-electron chi connectivity index (χ2n) is 4.75. The first-order chi connectivity index (χ1) is 8.49. The maximum absolute atomic E-state index is 6.66. The van der Waals surface area contributed by atoms with Crippen LogP contribution in [0.15, 0.2) is 40.9 Å². The SMILES string of the molecule is Cc1ccc(C)c(C(Cl)c2cc(C)ccc2Br)c1. The predicted molar refractivity (Wildman–Crippen MR) is 82.5 cm³/mol. The van der Waals surface area contributed by atoms with E-state index < -0.39 is 0 Å². The molecule has 0 aliphatic rings. The van der Waals surface area contributed by atoms with Gasteiger partial charge in [-0.15, -0.1) is 11.6 Å². The van der Waals surface area contributed by atoms with Crippen LogP contribution in [0.2, 0.25) is 0 Å². The van der Waals surface area contributed by atoms with E-state index in [4.69, 9.17) is 11.6 Å². The van der Waals surface area contributed by atoms with Gasteiger partial charge in [-0.05, 0) is 43.5 Å². The Hall–Kier alpha value is -0.790. The van der Waals surface area contributed by atoms with Crippen molar-refractivity contribution in [3.05, 3.63) is 68.7 Å². The molecule has 0 radical (unpaired) electrons. The second kappa shape index (κ2) is 5.46. The van der Waals surface area contributed by atoms with E-state index in [2.05, 4.69) is 73.1 Å². The molecule has 0 N–H and O–H groups in total. The average Bonchev–Trinajstić information content (AvgIpc) is 2.34. The normalized spacial score (nSPS) is 12.5. The highest BCUT2D eigenvalue weighted by Gasteiger charge is 2.16. The van der Waals surface area contributed by atoms with Crippen LogP contribution < -0.4 is 0 Å². The van der Waals surface area contributed by atoms with Gasteiger partial charge in [-0.25, -0.2) is 0 Å². The van der Waals surface area contributed by atoms with Crippen molar-refractivity contribution in [3.63, 3.8) is 0 Å². The minimum Gasteiger partial charge on any atom is -0.113 e. The van der Waals surface area contributed by atoms with Gasteiger partial charge in [-0.1, -0.05) is 57.4 Å². The van der Waals surface area contributed by atoms with Gasteiger partial charge in [0.15, 0.2) is 0 Å². The molecular formula is C16H16BrCl. The summed E-state index contributed by atoms with van der Waals surface area (Å²) in [6.45, 7) is 6.29. The van der Waals surface area contributed by atoms with Gasteiger partial charge in [-0.2, -0.15) is 0 Å². The van der Waals surface area contributed by atoms with Gasteiger partial charge < -0.3 is 0 Å². The Morgan fingerprint density at radius 1 is 0.889 bits per heavy atom. The summed E-state index contributed by atoms with van der Waals surface area (Å²) < 4.78 is 1.06. The lowest BCUT2D eigenvalue weighted by Gasteiger charge is -2.16. The quantitative estimate of drug-likeness (QED) is 0.622. The lowest BCUT2D eigenvalue weighted by atomic mass is 9.97. The van der Waals surface area contributed by atoms with Crippen molar-refractivity contribution in [1.82, 2.24) is 0 Å². The number of aryl methyl sites for hydroxylation is 3. The Bertz CT molecular complexity index is 524. The summed E-state index contributed by atoms with van der Waals surface area (Å²) in [6.07, 6.45) is 0. The molecule has 2 rings (SSSR count).